The first kappa shape index (κ1) is 15.4. The summed E-state index contributed by atoms with van der Waals surface area (Å²) in [4.78, 5) is 21.8. The molecule has 1 aromatic carbocycles. The van der Waals surface area contributed by atoms with E-state index in [0.717, 1.165) is 31.4 Å². The molecule has 5 rings (SSSR count). The van der Waals surface area contributed by atoms with Gasteiger partial charge in [-0.05, 0) is 35.3 Å². The first-order chi connectivity index (χ1) is 12.7. The molecule has 1 aliphatic heterocycles. The topological polar surface area (TPSA) is 79.5 Å². The van der Waals surface area contributed by atoms with Gasteiger partial charge in [-0.15, -0.1) is 0 Å². The number of hydrogen-bond acceptors (Lipinski definition) is 5. The summed E-state index contributed by atoms with van der Waals surface area (Å²) in [5.74, 6) is 1.04. The van der Waals surface area contributed by atoms with Crippen LogP contribution in [0.25, 0.3) is 15.9 Å². The van der Waals surface area contributed by atoms with Crippen LogP contribution >= 0.6 is 11.3 Å². The Labute approximate surface area is 153 Å². The van der Waals surface area contributed by atoms with E-state index in [4.69, 9.17) is 0 Å². The van der Waals surface area contributed by atoms with Crippen LogP contribution < -0.4 is 4.90 Å². The van der Waals surface area contributed by atoms with E-state index in [1.54, 1.807) is 10.6 Å². The minimum Gasteiger partial charge on any atom is -0.361 e. The quantitative estimate of drug-likeness (QED) is 0.435. The number of aromatic nitrogens is 3. The van der Waals surface area contributed by atoms with Crippen LogP contribution in [0.2, 0.25) is 0 Å². The van der Waals surface area contributed by atoms with Gasteiger partial charge in [0.15, 0.2) is 0 Å². The van der Waals surface area contributed by atoms with Crippen molar-refractivity contribution in [1.82, 2.24) is 14.4 Å². The van der Waals surface area contributed by atoms with Crippen LogP contribution in [0.15, 0.2) is 42.0 Å². The van der Waals surface area contributed by atoms with E-state index in [9.17, 15) is 10.1 Å². The molecule has 0 spiro atoms. The zero-order valence-electron chi connectivity index (χ0n) is 14.0. The van der Waals surface area contributed by atoms with E-state index < -0.39 is 0 Å². The van der Waals surface area contributed by atoms with E-state index in [-0.39, 0.29) is 10.7 Å². The van der Waals surface area contributed by atoms with Crippen molar-refractivity contribution in [2.75, 3.05) is 18.0 Å². The summed E-state index contributed by atoms with van der Waals surface area (Å²) in [7, 11) is 0. The molecule has 1 aliphatic rings. The highest BCUT2D eigenvalue weighted by molar-refractivity contribution is 7.15. The number of aromatic amines is 1. The summed E-state index contributed by atoms with van der Waals surface area (Å²) >= 11 is 1.42. The smallest absolute Gasteiger partial charge is 0.361 e. The molecule has 0 radical (unpaired) electrons. The van der Waals surface area contributed by atoms with Gasteiger partial charge >= 0.3 is 5.82 Å². The Bertz CT molecular complexity index is 1100. The molecule has 0 aliphatic carbocycles. The lowest BCUT2D eigenvalue weighted by molar-refractivity contribution is -0.389. The van der Waals surface area contributed by atoms with Crippen molar-refractivity contribution in [1.29, 1.82) is 0 Å². The average molecular weight is 367 g/mol. The number of nitro groups is 1. The number of hydrogen-bond donors (Lipinski definition) is 1. The molecule has 7 nitrogen and oxygen atoms in total. The second-order valence-corrected chi connectivity index (χ2v) is 7.50. The van der Waals surface area contributed by atoms with E-state index in [0.29, 0.717) is 16.7 Å². The molecule has 1 fully saturated rings. The molecule has 1 N–H and O–H groups in total. The number of nitrogens with one attached hydrogen (secondary N) is 1. The number of thiazole rings is 1. The Morgan fingerprint density at radius 1 is 1.27 bits per heavy atom. The summed E-state index contributed by atoms with van der Waals surface area (Å²) in [5.41, 5.74) is 2.51. The van der Waals surface area contributed by atoms with Gasteiger partial charge in [0.2, 0.25) is 5.82 Å². The molecule has 132 valence electrons. The fraction of sp³-hybridized carbons (Fsp3) is 0.278. The van der Waals surface area contributed by atoms with Crippen molar-refractivity contribution in [3.63, 3.8) is 0 Å². The molecule has 0 atom stereocenters. The van der Waals surface area contributed by atoms with Crippen molar-refractivity contribution in [3.8, 4) is 0 Å². The van der Waals surface area contributed by atoms with Gasteiger partial charge in [-0.25, -0.2) is 0 Å². The van der Waals surface area contributed by atoms with Gasteiger partial charge in [0.1, 0.15) is 6.20 Å². The molecule has 0 saturated carbocycles. The van der Waals surface area contributed by atoms with Gasteiger partial charge in [-0.2, -0.15) is 9.38 Å². The molecule has 0 amide bonds. The van der Waals surface area contributed by atoms with Gasteiger partial charge in [-0.3, -0.25) is 0 Å². The Balaban J connectivity index is 1.42. The fourth-order valence-electron chi connectivity index (χ4n) is 3.98. The highest BCUT2D eigenvalue weighted by Gasteiger charge is 2.31. The molecular weight excluding hydrogens is 350 g/mol. The number of fused-ring (bicyclic) bond motifs is 2. The second kappa shape index (κ2) is 5.84. The van der Waals surface area contributed by atoms with Gasteiger partial charge in [0.05, 0.1) is 0 Å². The highest BCUT2D eigenvalue weighted by atomic mass is 32.1. The number of imidazole rings is 1. The standard InChI is InChI=1S/C18H17N5O2S/c24-23(25)17-16(20-18-22(17)9-10-26-18)21-7-5-12(6-8-21)14-11-19-15-4-2-1-3-13(14)15/h1-4,9-12,19H,5-8H2. The third kappa shape index (κ3) is 2.29. The van der Waals surface area contributed by atoms with Crippen molar-refractivity contribution < 1.29 is 4.92 Å². The molecule has 4 heterocycles. The van der Waals surface area contributed by atoms with Crippen LogP contribution in [-0.2, 0) is 0 Å². The summed E-state index contributed by atoms with van der Waals surface area (Å²) in [6.07, 6.45) is 5.75. The summed E-state index contributed by atoms with van der Waals surface area (Å²) < 4.78 is 1.58. The fourth-order valence-corrected chi connectivity index (χ4v) is 4.68. The van der Waals surface area contributed by atoms with Crippen LogP contribution in [0.5, 0.6) is 0 Å². The monoisotopic (exact) mass is 367 g/mol. The van der Waals surface area contributed by atoms with Gasteiger partial charge in [0, 0.05) is 35.6 Å². The van der Waals surface area contributed by atoms with Crippen LogP contribution in [-0.4, -0.2) is 32.4 Å². The summed E-state index contributed by atoms with van der Waals surface area (Å²) in [6, 6.07) is 8.35. The van der Waals surface area contributed by atoms with E-state index in [1.807, 2.05) is 11.4 Å². The van der Waals surface area contributed by atoms with Gasteiger partial charge in [-0.1, -0.05) is 29.5 Å². The van der Waals surface area contributed by atoms with Gasteiger partial charge < -0.3 is 20.0 Å². The third-order valence-corrected chi connectivity index (χ3v) is 6.00. The van der Waals surface area contributed by atoms with Crippen molar-refractivity contribution in [3.05, 3.63) is 57.7 Å². The molecule has 0 unspecified atom stereocenters. The van der Waals surface area contributed by atoms with Crippen LogP contribution in [0.3, 0.4) is 0 Å². The molecule has 0 bridgehead atoms. The number of nitrogens with zero attached hydrogens (tertiary/aromatic N) is 4. The largest absolute Gasteiger partial charge is 0.373 e. The zero-order valence-corrected chi connectivity index (χ0v) is 14.8. The normalized spacial score (nSPS) is 15.9. The number of benzene rings is 1. The molecule has 1 saturated heterocycles. The van der Waals surface area contributed by atoms with E-state index >= 15 is 0 Å². The predicted molar refractivity (Wildman–Crippen MR) is 102 cm³/mol. The minimum absolute atomic E-state index is 0.0757. The Morgan fingerprint density at radius 2 is 2.08 bits per heavy atom. The molecule has 3 aromatic heterocycles. The van der Waals surface area contributed by atoms with E-state index in [2.05, 4.69) is 39.3 Å². The number of rotatable bonds is 3. The van der Waals surface area contributed by atoms with Crippen molar-refractivity contribution >= 4 is 38.8 Å². The van der Waals surface area contributed by atoms with Crippen LogP contribution in [0.1, 0.15) is 24.3 Å². The number of H-pyrrole nitrogens is 1. The highest BCUT2D eigenvalue weighted by Crippen LogP contribution is 2.37. The number of anilines is 1. The molecule has 4 aromatic rings. The lowest BCUT2D eigenvalue weighted by atomic mass is 9.89. The van der Waals surface area contributed by atoms with Gasteiger partial charge in [0.25, 0.3) is 4.96 Å². The Kier molecular flexibility index (Phi) is 3.46. The Hall–Kier alpha value is -2.87. The number of para-hydroxylation sites is 1. The minimum atomic E-state index is -0.326. The summed E-state index contributed by atoms with van der Waals surface area (Å²) in [5, 5.41) is 14.7. The lowest BCUT2D eigenvalue weighted by Gasteiger charge is -2.31. The maximum atomic E-state index is 11.6. The molecule has 26 heavy (non-hydrogen) atoms. The molecule has 8 heteroatoms. The number of piperidine rings is 1. The third-order valence-electron chi connectivity index (χ3n) is 5.25. The first-order valence-corrected chi connectivity index (χ1v) is 9.51. The first-order valence-electron chi connectivity index (χ1n) is 8.63. The zero-order chi connectivity index (χ0) is 17.7. The van der Waals surface area contributed by atoms with Crippen LogP contribution in [0.4, 0.5) is 11.6 Å². The maximum Gasteiger partial charge on any atom is 0.373 e. The predicted octanol–water partition coefficient (Wildman–Crippen LogP) is 4.17. The molecular formula is C18H17N5O2S. The summed E-state index contributed by atoms with van der Waals surface area (Å²) in [6.45, 7) is 1.55. The SMILES string of the molecule is O=[N+]([O-])c1c(N2CCC(c3c[nH]c4ccccc34)CC2)nc2sccn12. The maximum absolute atomic E-state index is 11.6. The van der Waals surface area contributed by atoms with Crippen LogP contribution in [0, 0.1) is 10.1 Å². The average Bonchev–Trinajstić information content (AvgIpc) is 3.35. The van der Waals surface area contributed by atoms with E-state index in [1.165, 1.54) is 22.3 Å². The Morgan fingerprint density at radius 3 is 2.88 bits per heavy atom. The lowest BCUT2D eigenvalue weighted by Crippen LogP contribution is -2.33. The van der Waals surface area contributed by atoms with Crippen molar-refractivity contribution in [2.24, 2.45) is 0 Å². The van der Waals surface area contributed by atoms with Crippen molar-refractivity contribution in [2.45, 2.75) is 18.8 Å². The second-order valence-electron chi connectivity index (χ2n) is 6.62.